The first-order valence-corrected chi connectivity index (χ1v) is 22.6. The Morgan fingerprint density at radius 3 is 0.472 bits per heavy atom. The molecule has 0 unspecified atom stereocenters. The Balaban J connectivity index is 1.36. The van der Waals surface area contributed by atoms with E-state index in [0.717, 1.165) is 91.5 Å². The molecule has 4 N–H and O–H groups in total. The van der Waals surface area contributed by atoms with Crippen molar-refractivity contribution in [2.24, 2.45) is 0 Å². The molecule has 368 valence electrons. The Bertz CT molecular complexity index is 2600. The minimum absolute atomic E-state index is 0.459. The third kappa shape index (κ3) is 8.29. The van der Waals surface area contributed by atoms with Gasteiger partial charge in [-0.3, -0.25) is 0 Å². The van der Waals surface area contributed by atoms with Crippen LogP contribution in [0.4, 0.5) is 0 Å². The first-order valence-electron chi connectivity index (χ1n) is 22.6. The summed E-state index contributed by atoms with van der Waals surface area (Å²) in [6.07, 6.45) is 0. The lowest BCUT2D eigenvalue weighted by molar-refractivity contribution is 0.324. The number of hydrogen-bond donors (Lipinski definition) is 4. The predicted molar refractivity (Wildman–Crippen MR) is 270 cm³/mol. The Kier molecular flexibility index (Phi) is 13.5. The number of rotatable bonds is 16. The molecular weight excluding hydrogens is 921 g/mol. The summed E-state index contributed by atoms with van der Waals surface area (Å²) in [6, 6.07) is 31.8. The van der Waals surface area contributed by atoms with Gasteiger partial charge in [-0.15, -0.1) is 0 Å². The van der Waals surface area contributed by atoms with Gasteiger partial charge in [0, 0.05) is 0 Å². The molecule has 16 nitrogen and oxygen atoms in total. The van der Waals surface area contributed by atoms with Crippen LogP contribution < -0.4 is 56.8 Å². The van der Waals surface area contributed by atoms with Crippen LogP contribution in [0.2, 0.25) is 0 Å². The Morgan fingerprint density at radius 2 is 0.361 bits per heavy atom. The van der Waals surface area contributed by atoms with E-state index < -0.39 is 0 Å². The fraction of sp³-hybridized carbons (Fsp3) is 0.214. The fourth-order valence-corrected chi connectivity index (χ4v) is 9.47. The first kappa shape index (κ1) is 48.1. The average molecular weight is 977 g/mol. The van der Waals surface area contributed by atoms with Crippen molar-refractivity contribution in [3.05, 3.63) is 189 Å². The molecule has 0 saturated heterocycles. The van der Waals surface area contributed by atoms with Crippen LogP contribution in [0.3, 0.4) is 0 Å². The van der Waals surface area contributed by atoms with Crippen molar-refractivity contribution in [1.29, 1.82) is 0 Å². The lowest BCUT2D eigenvalue weighted by Crippen LogP contribution is -2.13. The summed E-state index contributed by atoms with van der Waals surface area (Å²) in [5, 5.41) is 0. The fourth-order valence-electron chi connectivity index (χ4n) is 9.47. The van der Waals surface area contributed by atoms with Crippen molar-refractivity contribution in [3.63, 3.8) is 0 Å². The minimum Gasteiger partial charge on any atom is -0.489 e. The van der Waals surface area contributed by atoms with E-state index in [4.69, 9.17) is 56.8 Å². The normalized spacial score (nSPS) is 12.1. The number of hydrogen-bond acceptors (Lipinski definition) is 12. The molecule has 9 rings (SSSR count). The maximum atomic E-state index is 5.92. The lowest BCUT2D eigenvalue weighted by atomic mass is 9.91. The largest absolute Gasteiger partial charge is 0.489 e. The van der Waals surface area contributed by atoms with Crippen LogP contribution in [0.5, 0.6) is 69.0 Å². The molecule has 8 bridgehead atoms. The van der Waals surface area contributed by atoms with E-state index in [9.17, 15) is 0 Å². The minimum atomic E-state index is 0.459. The molecule has 4 aromatic heterocycles. The molecule has 0 spiro atoms. The number of benzene rings is 4. The molecule has 72 heavy (non-hydrogen) atoms. The van der Waals surface area contributed by atoms with Gasteiger partial charge in [-0.05, 0) is 0 Å². The molecule has 5 heterocycles. The number of fused-ring (bicyclic) bond motifs is 8. The third-order valence-corrected chi connectivity index (χ3v) is 12.7. The van der Waals surface area contributed by atoms with Crippen molar-refractivity contribution in [1.82, 2.24) is 19.9 Å². The van der Waals surface area contributed by atoms with Gasteiger partial charge in [-0.1, -0.05) is 0 Å². The lowest BCUT2D eigenvalue weighted by Gasteiger charge is -2.17. The second-order valence-corrected chi connectivity index (χ2v) is 16.3. The molecule has 0 amide bonds. The summed E-state index contributed by atoms with van der Waals surface area (Å²) < 4.78 is 70.5. The zero-order valence-corrected chi connectivity index (χ0v) is 42.1. The quantitative estimate of drug-likeness (QED) is 0.0677. The van der Waals surface area contributed by atoms with Crippen molar-refractivity contribution in [3.8, 4) is 69.0 Å². The highest BCUT2D eigenvalue weighted by molar-refractivity contribution is 5.70. The van der Waals surface area contributed by atoms with E-state index in [0.29, 0.717) is 69.0 Å². The summed E-state index contributed by atoms with van der Waals surface area (Å²) in [5.74, 6) is 8.88. The molecule has 0 aliphatic carbocycles. The van der Waals surface area contributed by atoms with Gasteiger partial charge in [-0.2, -0.15) is 0 Å². The smallest absolute Gasteiger partial charge is 0.220 e. The molecule has 1 aliphatic rings. The van der Waals surface area contributed by atoms with E-state index in [-0.39, 0.29) is 0 Å². The van der Waals surface area contributed by atoms with E-state index in [2.05, 4.69) is 19.9 Å². The maximum absolute atomic E-state index is 5.92. The van der Waals surface area contributed by atoms with Crippen LogP contribution in [0, 0.1) is 23.7 Å². The SMILES string of the molecule is COc1cc([C+]2c3ccc([nH]3)[C+](c3cc(OC)c(OC)c(OC)c3)c3ccc([nH]3)[C+](c3cc(OC)c(OC)c(OC)c3)c3ccc([nH]3)[C+](c3cc(OC)c(OC)c(OC)c3)c3ccc2[nH]3)cc(OC)c1OC. The summed E-state index contributed by atoms with van der Waals surface area (Å²) >= 11 is 0. The number of methoxy groups -OCH3 is 12. The van der Waals surface area contributed by atoms with Gasteiger partial charge in [0.15, 0.2) is 0 Å². The molecular formula is C56H56N4O12+4. The number of nitrogens with one attached hydrogen (secondary N) is 4. The molecule has 0 radical (unpaired) electrons. The van der Waals surface area contributed by atoms with Gasteiger partial charge in [-0.25, -0.2) is 0 Å². The summed E-state index contributed by atoms with van der Waals surface area (Å²) in [5.41, 5.74) is 9.17. The van der Waals surface area contributed by atoms with Crippen LogP contribution in [0.25, 0.3) is 0 Å². The summed E-state index contributed by atoms with van der Waals surface area (Å²) in [7, 11) is 19.1. The summed E-state index contributed by atoms with van der Waals surface area (Å²) in [4.78, 5) is 15.3. The molecule has 16 heteroatoms. The van der Waals surface area contributed by atoms with Crippen LogP contribution >= 0.6 is 0 Å². The van der Waals surface area contributed by atoms with E-state index in [1.54, 1.807) is 85.3 Å². The van der Waals surface area contributed by atoms with Crippen molar-refractivity contribution >= 4 is 0 Å². The monoisotopic (exact) mass is 976 g/mol. The van der Waals surface area contributed by atoms with E-state index in [1.807, 2.05) is 97.1 Å². The van der Waals surface area contributed by atoms with Gasteiger partial charge in [0.25, 0.3) is 0 Å². The van der Waals surface area contributed by atoms with Crippen molar-refractivity contribution in [2.45, 2.75) is 0 Å². The van der Waals surface area contributed by atoms with Gasteiger partial charge in [0.05, 0.1) is 205 Å². The van der Waals surface area contributed by atoms with Gasteiger partial charge in [0.1, 0.15) is 69.2 Å². The first-order chi connectivity index (χ1) is 35.1. The Morgan fingerprint density at radius 1 is 0.222 bits per heavy atom. The standard InChI is InChI=1S/C56H56N4O12/c1-61-41-21-29(22-42(62-2)53(41)69-9)49-33-13-15-35(57-33)50(30-23-43(63-3)54(70-10)44(24-30)64-4)37-17-19-39(59-37)52(32-27-47(67-7)56(72-12)48(28-32)68-8)40-20-18-38(60-40)51(36-16-14-34(49)58-36)31-25-45(65-5)55(71-11)46(26-31)66-6/h13-28,57-60H,1-12H3/q+4. The topological polar surface area (TPSA) is 174 Å². The number of aromatic nitrogens is 4. The van der Waals surface area contributed by atoms with Crippen LogP contribution in [-0.4, -0.2) is 105 Å². The van der Waals surface area contributed by atoms with E-state index in [1.165, 1.54) is 0 Å². The molecule has 8 aromatic rings. The maximum Gasteiger partial charge on any atom is 0.220 e. The van der Waals surface area contributed by atoms with Crippen molar-refractivity contribution < 1.29 is 56.8 Å². The number of ether oxygens (including phenoxy) is 12. The summed E-state index contributed by atoms with van der Waals surface area (Å²) in [6.45, 7) is 0. The van der Waals surface area contributed by atoms with Gasteiger partial charge < -0.3 is 76.8 Å². The highest BCUT2D eigenvalue weighted by atomic mass is 16.5. The zero-order chi connectivity index (χ0) is 50.8. The second-order valence-electron chi connectivity index (χ2n) is 16.3. The van der Waals surface area contributed by atoms with Crippen LogP contribution in [0.1, 0.15) is 67.8 Å². The Labute approximate surface area is 418 Å². The van der Waals surface area contributed by atoms with E-state index >= 15 is 0 Å². The number of aromatic amines is 4. The van der Waals surface area contributed by atoms with Gasteiger partial charge in [0.2, 0.25) is 69.0 Å². The molecule has 1 aliphatic heterocycles. The van der Waals surface area contributed by atoms with Crippen molar-refractivity contribution in [2.75, 3.05) is 85.3 Å². The third-order valence-electron chi connectivity index (χ3n) is 12.7. The van der Waals surface area contributed by atoms with Crippen LogP contribution in [-0.2, 0) is 0 Å². The Hall–Kier alpha value is -8.92. The highest BCUT2D eigenvalue weighted by Gasteiger charge is 2.40. The predicted octanol–water partition coefficient (Wildman–Crippen LogP) is 9.49. The number of H-pyrrole nitrogens is 4. The second kappa shape index (κ2) is 20.2. The molecule has 0 atom stereocenters. The van der Waals surface area contributed by atoms with Gasteiger partial charge >= 0.3 is 0 Å². The average Bonchev–Trinajstić information content (AvgIpc) is 4.28. The molecule has 0 saturated carbocycles. The zero-order valence-electron chi connectivity index (χ0n) is 42.1. The van der Waals surface area contributed by atoms with Crippen LogP contribution in [0.15, 0.2) is 97.1 Å². The molecule has 4 aromatic carbocycles. The molecule has 0 fully saturated rings. The highest BCUT2D eigenvalue weighted by Crippen LogP contribution is 2.49.